The minimum Gasteiger partial charge on any atom is -0.342 e. The van der Waals surface area contributed by atoms with Crippen molar-refractivity contribution in [1.29, 1.82) is 0 Å². The highest BCUT2D eigenvalue weighted by atomic mass is 32.2. The molecule has 0 N–H and O–H groups in total. The number of carbonyl (C=O) groups is 1. The van der Waals surface area contributed by atoms with Crippen LogP contribution in [0.5, 0.6) is 0 Å². The van der Waals surface area contributed by atoms with Gasteiger partial charge in [-0.15, -0.1) is 0 Å². The number of hydrogen-bond donors (Lipinski definition) is 0. The summed E-state index contributed by atoms with van der Waals surface area (Å²) in [6.07, 6.45) is -3.61. The van der Waals surface area contributed by atoms with Crippen molar-refractivity contribution >= 4 is 15.7 Å². The van der Waals surface area contributed by atoms with Crippen LogP contribution >= 0.6 is 0 Å². The first-order valence-electron chi connectivity index (χ1n) is 6.49. The van der Waals surface area contributed by atoms with Crippen molar-refractivity contribution in [3.05, 3.63) is 35.4 Å². The van der Waals surface area contributed by atoms with Gasteiger partial charge in [0, 0.05) is 19.3 Å². The van der Waals surface area contributed by atoms with E-state index >= 15 is 0 Å². The normalized spacial score (nSPS) is 13.7. The third-order valence-electron chi connectivity index (χ3n) is 3.21. The summed E-state index contributed by atoms with van der Waals surface area (Å²) in [6.45, 7) is 1.57. The highest BCUT2D eigenvalue weighted by molar-refractivity contribution is 7.90. The van der Waals surface area contributed by atoms with E-state index in [1.807, 2.05) is 0 Å². The Balaban J connectivity index is 2.80. The average molecular weight is 337 g/mol. The van der Waals surface area contributed by atoms with Crippen LogP contribution in [-0.2, 0) is 27.2 Å². The summed E-state index contributed by atoms with van der Waals surface area (Å²) in [5.74, 6) is -0.631. The number of benzene rings is 1. The zero-order chi connectivity index (χ0) is 17.1. The second-order valence-electron chi connectivity index (χ2n) is 5.32. The Bertz CT molecular complexity index is 641. The van der Waals surface area contributed by atoms with E-state index < -0.39 is 33.5 Å². The van der Waals surface area contributed by atoms with E-state index in [1.54, 1.807) is 6.92 Å². The monoisotopic (exact) mass is 337 g/mol. The Morgan fingerprint density at radius 2 is 1.91 bits per heavy atom. The smallest absolute Gasteiger partial charge is 0.342 e. The molecule has 124 valence electrons. The predicted molar refractivity (Wildman–Crippen MR) is 77.1 cm³/mol. The summed E-state index contributed by atoms with van der Waals surface area (Å²) in [6, 6.07) is 3.98. The lowest BCUT2D eigenvalue weighted by Gasteiger charge is -2.24. The third-order valence-corrected chi connectivity index (χ3v) is 4.30. The molecule has 1 unspecified atom stereocenters. The van der Waals surface area contributed by atoms with Gasteiger partial charge in [0.05, 0.1) is 17.7 Å². The molecule has 0 aromatic heterocycles. The van der Waals surface area contributed by atoms with Gasteiger partial charge in [0.15, 0.2) is 0 Å². The van der Waals surface area contributed by atoms with Crippen LogP contribution in [0.1, 0.15) is 18.1 Å². The summed E-state index contributed by atoms with van der Waals surface area (Å²) < 4.78 is 60.3. The third kappa shape index (κ3) is 5.67. The number of likely N-dealkylation sites (N-methyl/N-ethyl adjacent to an activating group) is 1. The van der Waals surface area contributed by atoms with Crippen LogP contribution in [0.15, 0.2) is 24.3 Å². The number of amides is 1. The minimum absolute atomic E-state index is 0.197. The molecular weight excluding hydrogens is 319 g/mol. The van der Waals surface area contributed by atoms with Crippen molar-refractivity contribution in [2.45, 2.75) is 25.6 Å². The predicted octanol–water partition coefficient (Wildman–Crippen LogP) is 2.14. The quantitative estimate of drug-likeness (QED) is 0.827. The first-order valence-corrected chi connectivity index (χ1v) is 8.55. The van der Waals surface area contributed by atoms with Gasteiger partial charge in [-0.1, -0.05) is 18.2 Å². The summed E-state index contributed by atoms with van der Waals surface area (Å²) in [5.41, 5.74) is -0.581. The maximum absolute atomic E-state index is 12.6. The lowest BCUT2D eigenvalue weighted by Crippen LogP contribution is -2.40. The Labute approximate surface area is 127 Å². The van der Waals surface area contributed by atoms with Crippen molar-refractivity contribution in [1.82, 2.24) is 4.90 Å². The Morgan fingerprint density at radius 3 is 2.41 bits per heavy atom. The fraction of sp³-hybridized carbons (Fsp3) is 0.500. The molecule has 0 aliphatic carbocycles. The summed E-state index contributed by atoms with van der Waals surface area (Å²) in [4.78, 5) is 13.3. The molecule has 8 heteroatoms. The second-order valence-corrected chi connectivity index (χ2v) is 7.51. The maximum Gasteiger partial charge on any atom is 0.416 e. The van der Waals surface area contributed by atoms with Crippen molar-refractivity contribution in [3.8, 4) is 0 Å². The van der Waals surface area contributed by atoms with Gasteiger partial charge in [-0.05, 0) is 18.6 Å². The van der Waals surface area contributed by atoms with Crippen LogP contribution in [0.25, 0.3) is 0 Å². The number of rotatable bonds is 5. The highest BCUT2D eigenvalue weighted by Gasteiger charge is 2.30. The first kappa shape index (κ1) is 18.5. The molecular formula is C14H18F3NO3S. The molecule has 0 spiro atoms. The lowest BCUT2D eigenvalue weighted by molar-refractivity contribution is -0.138. The fourth-order valence-electron chi connectivity index (χ4n) is 1.95. The van der Waals surface area contributed by atoms with Crippen molar-refractivity contribution in [2.24, 2.45) is 0 Å². The standard InChI is InChI=1S/C14H18F3NO3S/c1-10(9-22(3,20)21)18(2)13(19)8-11-5-4-6-12(7-11)14(15,16)17/h4-7,10H,8-9H2,1-3H3. The molecule has 22 heavy (non-hydrogen) atoms. The number of carbonyl (C=O) groups excluding carboxylic acids is 1. The van der Waals surface area contributed by atoms with E-state index in [9.17, 15) is 26.4 Å². The average Bonchev–Trinajstić information content (AvgIpc) is 2.35. The van der Waals surface area contributed by atoms with E-state index in [0.717, 1.165) is 18.4 Å². The second kappa shape index (κ2) is 6.68. The van der Waals surface area contributed by atoms with Crippen LogP contribution < -0.4 is 0 Å². The van der Waals surface area contributed by atoms with Gasteiger partial charge >= 0.3 is 6.18 Å². The SMILES string of the molecule is CC(CS(C)(=O)=O)N(C)C(=O)Cc1cccc(C(F)(F)F)c1. The number of alkyl halides is 3. The number of halogens is 3. The topological polar surface area (TPSA) is 54.5 Å². The van der Waals surface area contributed by atoms with Crippen LogP contribution in [0, 0.1) is 0 Å². The molecule has 0 aliphatic heterocycles. The zero-order valence-corrected chi connectivity index (χ0v) is 13.3. The van der Waals surface area contributed by atoms with Crippen molar-refractivity contribution < 1.29 is 26.4 Å². The molecule has 0 radical (unpaired) electrons. The van der Waals surface area contributed by atoms with E-state index in [1.165, 1.54) is 24.1 Å². The van der Waals surface area contributed by atoms with Crippen LogP contribution in [-0.4, -0.2) is 44.3 Å². The van der Waals surface area contributed by atoms with Gasteiger partial charge in [0.1, 0.15) is 9.84 Å². The molecule has 1 aromatic carbocycles. The van der Waals surface area contributed by atoms with Crippen molar-refractivity contribution in [2.75, 3.05) is 19.1 Å². The lowest BCUT2D eigenvalue weighted by atomic mass is 10.1. The van der Waals surface area contributed by atoms with E-state index in [0.29, 0.717) is 0 Å². The molecule has 0 aliphatic rings. The Kier molecular flexibility index (Phi) is 5.61. The maximum atomic E-state index is 12.6. The Morgan fingerprint density at radius 1 is 1.32 bits per heavy atom. The minimum atomic E-state index is -4.46. The van der Waals surface area contributed by atoms with Crippen LogP contribution in [0.3, 0.4) is 0 Å². The first-order chi connectivity index (χ1) is 9.90. The number of nitrogens with zero attached hydrogens (tertiary/aromatic N) is 1. The van der Waals surface area contributed by atoms with Gasteiger partial charge in [-0.3, -0.25) is 4.79 Å². The molecule has 0 bridgehead atoms. The Hall–Kier alpha value is -1.57. The molecule has 1 amide bonds. The van der Waals surface area contributed by atoms with Gasteiger partial charge in [-0.25, -0.2) is 8.42 Å². The molecule has 0 fully saturated rings. The molecule has 4 nitrogen and oxygen atoms in total. The largest absolute Gasteiger partial charge is 0.416 e. The molecule has 0 heterocycles. The van der Waals surface area contributed by atoms with E-state index in [4.69, 9.17) is 0 Å². The van der Waals surface area contributed by atoms with E-state index in [2.05, 4.69) is 0 Å². The van der Waals surface area contributed by atoms with Crippen LogP contribution in [0.2, 0.25) is 0 Å². The number of hydrogen-bond acceptors (Lipinski definition) is 3. The van der Waals surface area contributed by atoms with Gasteiger partial charge in [0.25, 0.3) is 0 Å². The molecule has 1 atom stereocenters. The molecule has 1 rings (SSSR count). The zero-order valence-electron chi connectivity index (χ0n) is 12.5. The molecule has 0 saturated heterocycles. The van der Waals surface area contributed by atoms with Gasteiger partial charge in [0.2, 0.25) is 5.91 Å². The summed E-state index contributed by atoms with van der Waals surface area (Å²) in [7, 11) is -1.81. The van der Waals surface area contributed by atoms with Gasteiger partial charge in [-0.2, -0.15) is 13.2 Å². The number of sulfone groups is 1. The van der Waals surface area contributed by atoms with Crippen LogP contribution in [0.4, 0.5) is 13.2 Å². The van der Waals surface area contributed by atoms with Crippen molar-refractivity contribution in [3.63, 3.8) is 0 Å². The molecule has 0 saturated carbocycles. The fourth-order valence-corrected chi connectivity index (χ4v) is 3.05. The van der Waals surface area contributed by atoms with Gasteiger partial charge < -0.3 is 4.90 Å². The summed E-state index contributed by atoms with van der Waals surface area (Å²) >= 11 is 0. The van der Waals surface area contributed by atoms with E-state index in [-0.39, 0.29) is 17.7 Å². The molecule has 1 aromatic rings. The summed E-state index contributed by atoms with van der Waals surface area (Å²) in [5, 5.41) is 0. The highest BCUT2D eigenvalue weighted by Crippen LogP contribution is 2.29.